The van der Waals surface area contributed by atoms with Crippen LogP contribution in [0.25, 0.3) is 10.2 Å². The van der Waals surface area contributed by atoms with E-state index in [1.165, 1.54) is 4.70 Å². The largest absolute Gasteiger partial charge is 0.377 e. The topological polar surface area (TPSA) is 34.1 Å². The molecule has 0 amide bonds. The normalized spacial score (nSPS) is 13.3. The average molecular weight is 264 g/mol. The van der Waals surface area contributed by atoms with E-state index in [2.05, 4.69) is 49.3 Å². The van der Waals surface area contributed by atoms with Gasteiger partial charge in [0.15, 0.2) is 0 Å². The van der Waals surface area contributed by atoms with Crippen LogP contribution in [0.15, 0.2) is 24.3 Å². The van der Waals surface area contributed by atoms with Crippen LogP contribution >= 0.6 is 11.3 Å². The van der Waals surface area contributed by atoms with Gasteiger partial charge in [-0.25, -0.2) is 4.98 Å². The molecular weight excluding hydrogens is 244 g/mol. The number of rotatable bonds is 6. The number of nitrogens with one attached hydrogen (secondary N) is 1. The lowest BCUT2D eigenvalue weighted by Gasteiger charge is -2.12. The summed E-state index contributed by atoms with van der Waals surface area (Å²) >= 11 is 1.76. The minimum Gasteiger partial charge on any atom is -0.377 e. The predicted molar refractivity (Wildman–Crippen MR) is 77.1 cm³/mol. The van der Waals surface area contributed by atoms with Crippen LogP contribution in [0, 0.1) is 0 Å². The molecule has 0 saturated carbocycles. The fourth-order valence-corrected chi connectivity index (χ4v) is 2.73. The fraction of sp³-hybridized carbons (Fsp3) is 0.500. The van der Waals surface area contributed by atoms with Crippen LogP contribution in [0.5, 0.6) is 0 Å². The standard InChI is InChI=1S/C14H20N2OS/c1-10(2)17-9-8-15-11(3)14-16-12-6-4-5-7-13(12)18-14/h4-7,10-11,15H,8-9H2,1-3H3. The van der Waals surface area contributed by atoms with Crippen molar-refractivity contribution < 1.29 is 4.74 Å². The molecule has 2 aromatic rings. The van der Waals surface area contributed by atoms with Gasteiger partial charge in [0.2, 0.25) is 0 Å². The Morgan fingerprint density at radius 3 is 2.78 bits per heavy atom. The lowest BCUT2D eigenvalue weighted by molar-refractivity contribution is 0.0796. The molecule has 1 aromatic carbocycles. The number of thiazole rings is 1. The van der Waals surface area contributed by atoms with E-state index in [4.69, 9.17) is 4.74 Å². The van der Waals surface area contributed by atoms with Crippen LogP contribution in [-0.2, 0) is 4.74 Å². The third-order valence-electron chi connectivity index (χ3n) is 2.68. The number of para-hydroxylation sites is 1. The Labute approximate surface area is 112 Å². The van der Waals surface area contributed by atoms with Crippen molar-refractivity contribution in [2.45, 2.75) is 32.9 Å². The monoisotopic (exact) mass is 264 g/mol. The van der Waals surface area contributed by atoms with E-state index in [9.17, 15) is 0 Å². The summed E-state index contributed by atoms with van der Waals surface area (Å²) in [6.45, 7) is 7.85. The lowest BCUT2D eigenvalue weighted by Crippen LogP contribution is -2.24. The van der Waals surface area contributed by atoms with Crippen LogP contribution in [-0.4, -0.2) is 24.2 Å². The number of hydrogen-bond donors (Lipinski definition) is 1. The fourth-order valence-electron chi connectivity index (χ4n) is 1.73. The van der Waals surface area contributed by atoms with Gasteiger partial charge >= 0.3 is 0 Å². The summed E-state index contributed by atoms with van der Waals surface area (Å²) in [6.07, 6.45) is 0.296. The van der Waals surface area contributed by atoms with Crippen LogP contribution in [0.4, 0.5) is 0 Å². The van der Waals surface area contributed by atoms with Crippen molar-refractivity contribution in [2.24, 2.45) is 0 Å². The zero-order valence-corrected chi connectivity index (χ0v) is 12.0. The number of fused-ring (bicyclic) bond motifs is 1. The molecule has 0 aliphatic heterocycles. The number of benzene rings is 1. The molecule has 0 aliphatic carbocycles. The van der Waals surface area contributed by atoms with E-state index >= 15 is 0 Å². The Bertz CT molecular complexity index is 462. The van der Waals surface area contributed by atoms with Crippen molar-refractivity contribution in [3.8, 4) is 0 Å². The van der Waals surface area contributed by atoms with Gasteiger partial charge in [-0.05, 0) is 32.9 Å². The van der Waals surface area contributed by atoms with Crippen LogP contribution in [0.1, 0.15) is 31.8 Å². The second kappa shape index (κ2) is 6.27. The third-order valence-corrected chi connectivity index (χ3v) is 3.90. The molecule has 2 rings (SSSR count). The predicted octanol–water partition coefficient (Wildman–Crippen LogP) is 3.37. The first-order valence-electron chi connectivity index (χ1n) is 6.37. The summed E-state index contributed by atoms with van der Waals surface area (Å²) in [5.74, 6) is 0. The molecule has 1 atom stereocenters. The van der Waals surface area contributed by atoms with E-state index in [1.54, 1.807) is 11.3 Å². The molecule has 0 saturated heterocycles. The molecule has 1 unspecified atom stereocenters. The van der Waals surface area contributed by atoms with Crippen molar-refractivity contribution in [2.75, 3.05) is 13.2 Å². The minimum atomic E-state index is 0.276. The molecule has 1 N–H and O–H groups in total. The molecule has 4 heteroatoms. The zero-order chi connectivity index (χ0) is 13.0. The van der Waals surface area contributed by atoms with Crippen molar-refractivity contribution in [1.29, 1.82) is 0 Å². The van der Waals surface area contributed by atoms with Crippen molar-refractivity contribution in [1.82, 2.24) is 10.3 Å². The molecule has 18 heavy (non-hydrogen) atoms. The Morgan fingerprint density at radius 1 is 1.28 bits per heavy atom. The molecule has 0 radical (unpaired) electrons. The molecule has 0 spiro atoms. The summed E-state index contributed by atoms with van der Waals surface area (Å²) in [5, 5.41) is 4.58. The number of ether oxygens (including phenoxy) is 1. The van der Waals surface area contributed by atoms with Gasteiger partial charge < -0.3 is 10.1 Å². The summed E-state index contributed by atoms with van der Waals surface area (Å²) in [6, 6.07) is 8.53. The van der Waals surface area contributed by atoms with Crippen LogP contribution in [0.3, 0.4) is 0 Å². The third kappa shape index (κ3) is 3.51. The summed E-state index contributed by atoms with van der Waals surface area (Å²) < 4.78 is 6.76. The average Bonchev–Trinajstić information content (AvgIpc) is 2.78. The van der Waals surface area contributed by atoms with Crippen molar-refractivity contribution in [3.63, 3.8) is 0 Å². The first kappa shape index (κ1) is 13.5. The molecule has 98 valence electrons. The first-order chi connectivity index (χ1) is 8.66. The Balaban J connectivity index is 1.90. The quantitative estimate of drug-likeness (QED) is 0.812. The van der Waals surface area contributed by atoms with Crippen LogP contribution < -0.4 is 5.32 Å². The van der Waals surface area contributed by atoms with E-state index in [0.717, 1.165) is 23.7 Å². The summed E-state index contributed by atoms with van der Waals surface area (Å²) in [5.41, 5.74) is 1.09. The molecule has 3 nitrogen and oxygen atoms in total. The van der Waals surface area contributed by atoms with Gasteiger partial charge in [0.25, 0.3) is 0 Å². The molecule has 1 heterocycles. The second-order valence-corrected chi connectivity index (χ2v) is 5.68. The van der Waals surface area contributed by atoms with E-state index in [1.807, 2.05) is 6.07 Å². The molecule has 0 bridgehead atoms. The summed E-state index contributed by atoms with van der Waals surface area (Å²) in [4.78, 5) is 4.64. The van der Waals surface area contributed by atoms with Crippen LogP contribution in [0.2, 0.25) is 0 Å². The van der Waals surface area contributed by atoms with Gasteiger partial charge in [0.05, 0.1) is 29.0 Å². The highest BCUT2D eigenvalue weighted by Gasteiger charge is 2.10. The van der Waals surface area contributed by atoms with Gasteiger partial charge in [0.1, 0.15) is 5.01 Å². The van der Waals surface area contributed by atoms with E-state index < -0.39 is 0 Å². The maximum atomic E-state index is 5.51. The minimum absolute atomic E-state index is 0.276. The van der Waals surface area contributed by atoms with Crippen molar-refractivity contribution in [3.05, 3.63) is 29.3 Å². The SMILES string of the molecule is CC(C)OCCNC(C)c1nc2ccccc2s1. The number of nitrogens with zero attached hydrogens (tertiary/aromatic N) is 1. The molecule has 0 aliphatic rings. The van der Waals surface area contributed by atoms with Gasteiger partial charge in [0, 0.05) is 6.54 Å². The highest BCUT2D eigenvalue weighted by molar-refractivity contribution is 7.18. The molecular formula is C14H20N2OS. The van der Waals surface area contributed by atoms with E-state index in [-0.39, 0.29) is 6.04 Å². The lowest BCUT2D eigenvalue weighted by atomic mass is 10.3. The van der Waals surface area contributed by atoms with Gasteiger partial charge in [-0.2, -0.15) is 0 Å². The highest BCUT2D eigenvalue weighted by atomic mass is 32.1. The summed E-state index contributed by atoms with van der Waals surface area (Å²) in [7, 11) is 0. The zero-order valence-electron chi connectivity index (χ0n) is 11.1. The highest BCUT2D eigenvalue weighted by Crippen LogP contribution is 2.25. The maximum absolute atomic E-state index is 5.51. The van der Waals surface area contributed by atoms with Gasteiger partial charge in [-0.15, -0.1) is 11.3 Å². The smallest absolute Gasteiger partial charge is 0.111 e. The molecule has 1 aromatic heterocycles. The Morgan fingerprint density at radius 2 is 2.06 bits per heavy atom. The first-order valence-corrected chi connectivity index (χ1v) is 7.19. The molecule has 0 fully saturated rings. The van der Waals surface area contributed by atoms with Gasteiger partial charge in [-0.1, -0.05) is 12.1 Å². The number of aromatic nitrogens is 1. The number of hydrogen-bond acceptors (Lipinski definition) is 4. The maximum Gasteiger partial charge on any atom is 0.111 e. The Kier molecular flexibility index (Phi) is 4.69. The van der Waals surface area contributed by atoms with E-state index in [0.29, 0.717) is 6.10 Å². The van der Waals surface area contributed by atoms with Crippen molar-refractivity contribution >= 4 is 21.6 Å². The van der Waals surface area contributed by atoms with Gasteiger partial charge in [-0.3, -0.25) is 0 Å². The Hall–Kier alpha value is -0.970. The second-order valence-electron chi connectivity index (χ2n) is 4.62.